The van der Waals surface area contributed by atoms with E-state index in [0.717, 1.165) is 0 Å². The molecule has 4 nitrogen and oxygen atoms in total. The molecule has 2 N–H and O–H groups in total. The topological polar surface area (TPSA) is 74.6 Å². The van der Waals surface area contributed by atoms with Crippen molar-refractivity contribution >= 4 is 11.9 Å². The van der Waals surface area contributed by atoms with Gasteiger partial charge in [-0.1, -0.05) is 7.43 Å². The first-order valence-corrected chi connectivity index (χ1v) is 3.08. The first-order chi connectivity index (χ1) is 4.63. The standard InChI is InChI=1S/C6H8O4.CH4/c7-5(8)3-1-2-4(3)6(9)10;/h3-4H,1-2H2,(H,7,8)(H,9,10);1H4/t3-,4-;/m1./s1. The lowest BCUT2D eigenvalue weighted by Gasteiger charge is -2.29. The van der Waals surface area contributed by atoms with Crippen molar-refractivity contribution in [1.29, 1.82) is 0 Å². The van der Waals surface area contributed by atoms with Gasteiger partial charge < -0.3 is 10.2 Å². The summed E-state index contributed by atoms with van der Waals surface area (Å²) >= 11 is 0. The van der Waals surface area contributed by atoms with E-state index in [1.165, 1.54) is 0 Å². The minimum atomic E-state index is -0.987. The molecule has 1 aliphatic carbocycles. The predicted molar refractivity (Wildman–Crippen MR) is 38.2 cm³/mol. The van der Waals surface area contributed by atoms with Crippen molar-refractivity contribution < 1.29 is 19.8 Å². The van der Waals surface area contributed by atoms with Gasteiger partial charge in [-0.3, -0.25) is 9.59 Å². The monoisotopic (exact) mass is 160 g/mol. The van der Waals surface area contributed by atoms with Gasteiger partial charge in [-0.2, -0.15) is 0 Å². The van der Waals surface area contributed by atoms with Gasteiger partial charge in [0.25, 0.3) is 0 Å². The van der Waals surface area contributed by atoms with Gasteiger partial charge in [-0.05, 0) is 12.8 Å². The van der Waals surface area contributed by atoms with Crippen molar-refractivity contribution in [2.24, 2.45) is 11.8 Å². The minimum Gasteiger partial charge on any atom is -0.481 e. The molecule has 0 aromatic carbocycles. The lowest BCUT2D eigenvalue weighted by atomic mass is 9.74. The molecule has 0 aromatic heterocycles. The van der Waals surface area contributed by atoms with Crippen molar-refractivity contribution in [3.63, 3.8) is 0 Å². The highest BCUT2D eigenvalue weighted by atomic mass is 16.4. The van der Waals surface area contributed by atoms with Crippen LogP contribution < -0.4 is 0 Å². The molecule has 0 amide bonds. The smallest absolute Gasteiger partial charge is 0.307 e. The molecule has 4 heteroatoms. The maximum atomic E-state index is 10.2. The zero-order valence-corrected chi connectivity index (χ0v) is 5.28. The Hall–Kier alpha value is -1.06. The van der Waals surface area contributed by atoms with Crippen molar-refractivity contribution in [3.05, 3.63) is 0 Å². The largest absolute Gasteiger partial charge is 0.481 e. The highest BCUT2D eigenvalue weighted by Gasteiger charge is 2.41. The molecule has 1 aliphatic rings. The lowest BCUT2D eigenvalue weighted by molar-refractivity contribution is -0.160. The normalized spacial score (nSPS) is 28.0. The van der Waals surface area contributed by atoms with E-state index in [1.54, 1.807) is 0 Å². The van der Waals surface area contributed by atoms with Crippen molar-refractivity contribution in [1.82, 2.24) is 0 Å². The predicted octanol–water partition coefficient (Wildman–Crippen LogP) is 0.818. The Balaban J connectivity index is 0.000001000. The molecule has 11 heavy (non-hydrogen) atoms. The second-order valence-electron chi connectivity index (χ2n) is 2.47. The number of carboxylic acids is 2. The van der Waals surface area contributed by atoms with Crippen LogP contribution in [-0.4, -0.2) is 22.2 Å². The minimum absolute atomic E-state index is 0. The zero-order chi connectivity index (χ0) is 7.72. The van der Waals surface area contributed by atoms with E-state index >= 15 is 0 Å². The van der Waals surface area contributed by atoms with Crippen LogP contribution in [0.3, 0.4) is 0 Å². The summed E-state index contributed by atoms with van der Waals surface area (Å²) in [5.41, 5.74) is 0. The van der Waals surface area contributed by atoms with E-state index in [9.17, 15) is 9.59 Å². The van der Waals surface area contributed by atoms with Gasteiger partial charge >= 0.3 is 11.9 Å². The molecule has 1 fully saturated rings. The fourth-order valence-corrected chi connectivity index (χ4v) is 1.09. The maximum Gasteiger partial charge on any atom is 0.307 e. The van der Waals surface area contributed by atoms with Gasteiger partial charge in [0, 0.05) is 0 Å². The van der Waals surface area contributed by atoms with Crippen LogP contribution in [0.1, 0.15) is 20.3 Å². The van der Waals surface area contributed by atoms with Gasteiger partial charge in [0.2, 0.25) is 0 Å². The molecule has 0 bridgehead atoms. The molecule has 0 aromatic rings. The zero-order valence-electron chi connectivity index (χ0n) is 5.28. The van der Waals surface area contributed by atoms with E-state index < -0.39 is 23.8 Å². The number of rotatable bonds is 2. The van der Waals surface area contributed by atoms with Crippen molar-refractivity contribution in [2.75, 3.05) is 0 Å². The van der Waals surface area contributed by atoms with Gasteiger partial charge in [0.15, 0.2) is 0 Å². The Morgan fingerprint density at radius 3 is 1.36 bits per heavy atom. The SMILES string of the molecule is C.O=C(O)[C@@H]1CC[C@H]1C(=O)O. The molecule has 0 radical (unpaired) electrons. The molecule has 0 aliphatic heterocycles. The molecule has 0 saturated heterocycles. The summed E-state index contributed by atoms with van der Waals surface area (Å²) in [6, 6.07) is 0. The van der Waals surface area contributed by atoms with Crippen molar-refractivity contribution in [2.45, 2.75) is 20.3 Å². The van der Waals surface area contributed by atoms with Crippen LogP contribution >= 0.6 is 0 Å². The summed E-state index contributed by atoms with van der Waals surface area (Å²) in [6.45, 7) is 0. The van der Waals surface area contributed by atoms with E-state index in [4.69, 9.17) is 10.2 Å². The van der Waals surface area contributed by atoms with Crippen LogP contribution in [0.5, 0.6) is 0 Å². The molecular weight excluding hydrogens is 148 g/mol. The van der Waals surface area contributed by atoms with Gasteiger partial charge in [-0.25, -0.2) is 0 Å². The third-order valence-electron chi connectivity index (χ3n) is 1.91. The molecule has 64 valence electrons. The van der Waals surface area contributed by atoms with Gasteiger partial charge in [0.05, 0.1) is 11.8 Å². The second-order valence-corrected chi connectivity index (χ2v) is 2.47. The molecule has 1 saturated carbocycles. The molecule has 1 rings (SSSR count). The van der Waals surface area contributed by atoms with Crippen LogP contribution in [0.4, 0.5) is 0 Å². The molecular formula is C7H12O4. The lowest BCUT2D eigenvalue weighted by Crippen LogP contribution is -2.37. The fraction of sp³-hybridized carbons (Fsp3) is 0.714. The van der Waals surface area contributed by atoms with Crippen LogP contribution in [0, 0.1) is 11.8 Å². The Bertz CT molecular complexity index is 155. The quantitative estimate of drug-likeness (QED) is 0.627. The fourth-order valence-electron chi connectivity index (χ4n) is 1.09. The Kier molecular flexibility index (Phi) is 3.04. The molecule has 0 spiro atoms. The summed E-state index contributed by atoms with van der Waals surface area (Å²) < 4.78 is 0. The van der Waals surface area contributed by atoms with Crippen molar-refractivity contribution in [3.8, 4) is 0 Å². The number of carboxylic acid groups (broad SMARTS) is 2. The average Bonchev–Trinajstić information content (AvgIpc) is 1.56. The van der Waals surface area contributed by atoms with E-state index in [-0.39, 0.29) is 7.43 Å². The maximum absolute atomic E-state index is 10.2. The van der Waals surface area contributed by atoms with Crippen LogP contribution in [0.25, 0.3) is 0 Å². The summed E-state index contributed by atoms with van der Waals surface area (Å²) in [7, 11) is 0. The number of carbonyl (C=O) groups is 2. The second kappa shape index (κ2) is 3.37. The van der Waals surface area contributed by atoms with Crippen LogP contribution in [0.2, 0.25) is 0 Å². The number of aliphatic carboxylic acids is 2. The first-order valence-electron chi connectivity index (χ1n) is 3.08. The third kappa shape index (κ3) is 1.69. The Labute approximate surface area is 64.8 Å². The number of hydrogen-bond acceptors (Lipinski definition) is 2. The highest BCUT2D eigenvalue weighted by Crippen LogP contribution is 2.34. The molecule has 2 atom stereocenters. The van der Waals surface area contributed by atoms with E-state index in [0.29, 0.717) is 12.8 Å². The Morgan fingerprint density at radius 2 is 1.27 bits per heavy atom. The highest BCUT2D eigenvalue weighted by molar-refractivity contribution is 5.81. The molecule has 0 heterocycles. The van der Waals surface area contributed by atoms with Crippen LogP contribution in [-0.2, 0) is 9.59 Å². The summed E-state index contributed by atoms with van der Waals surface area (Å²) in [4.78, 5) is 20.5. The van der Waals surface area contributed by atoms with Crippen LogP contribution in [0.15, 0.2) is 0 Å². The summed E-state index contributed by atoms with van der Waals surface area (Å²) in [5.74, 6) is -3.26. The van der Waals surface area contributed by atoms with Gasteiger partial charge in [0.1, 0.15) is 0 Å². The molecule has 0 unspecified atom stereocenters. The summed E-state index contributed by atoms with van der Waals surface area (Å²) in [5, 5.41) is 16.8. The summed E-state index contributed by atoms with van der Waals surface area (Å²) in [6.07, 6.45) is 1.01. The van der Waals surface area contributed by atoms with E-state index in [2.05, 4.69) is 0 Å². The number of hydrogen-bond donors (Lipinski definition) is 2. The Morgan fingerprint density at radius 1 is 1.00 bits per heavy atom. The average molecular weight is 160 g/mol. The van der Waals surface area contributed by atoms with E-state index in [1.807, 2.05) is 0 Å². The first kappa shape index (κ1) is 9.94. The third-order valence-corrected chi connectivity index (χ3v) is 1.91. The van der Waals surface area contributed by atoms with Gasteiger partial charge in [-0.15, -0.1) is 0 Å².